The number of pyridine rings is 1. The summed E-state index contributed by atoms with van der Waals surface area (Å²) < 4.78 is 0. The van der Waals surface area contributed by atoms with E-state index in [1.807, 2.05) is 66.4 Å². The van der Waals surface area contributed by atoms with Crippen LogP contribution in [-0.2, 0) is 11.2 Å². The van der Waals surface area contributed by atoms with Crippen LogP contribution in [0.2, 0.25) is 5.02 Å². The number of aromatic nitrogens is 1. The summed E-state index contributed by atoms with van der Waals surface area (Å²) >= 11 is 6.27. The van der Waals surface area contributed by atoms with Crippen molar-refractivity contribution in [3.05, 3.63) is 64.4 Å². The summed E-state index contributed by atoms with van der Waals surface area (Å²) in [5, 5.41) is 0.762. The molecule has 0 saturated carbocycles. The molecule has 0 spiro atoms. The lowest BCUT2D eigenvalue weighted by atomic mass is 10.1. The van der Waals surface area contributed by atoms with Crippen LogP contribution in [0.25, 0.3) is 0 Å². The molecule has 25 heavy (non-hydrogen) atoms. The van der Waals surface area contributed by atoms with Crippen molar-refractivity contribution in [2.45, 2.75) is 25.3 Å². The Bertz CT molecular complexity index is 747. The van der Waals surface area contributed by atoms with Crippen LogP contribution in [-0.4, -0.2) is 47.9 Å². The number of hydrogen-bond acceptors (Lipinski definition) is 3. The minimum absolute atomic E-state index is 0.0821. The second-order valence-corrected chi connectivity index (χ2v) is 7.21. The van der Waals surface area contributed by atoms with E-state index in [2.05, 4.69) is 0 Å². The number of likely N-dealkylation sites (N-methyl/N-ethyl adjacent to an activating group) is 1. The van der Waals surface area contributed by atoms with Gasteiger partial charge in [0, 0.05) is 23.7 Å². The summed E-state index contributed by atoms with van der Waals surface area (Å²) in [6.07, 6.45) is 2.70. The molecule has 1 atom stereocenters. The van der Waals surface area contributed by atoms with Crippen LogP contribution in [0, 0.1) is 0 Å². The fraction of sp³-hybridized carbons (Fsp3) is 0.400. The third-order valence-electron chi connectivity index (χ3n) is 4.52. The first-order valence-electron chi connectivity index (χ1n) is 8.68. The average Bonchev–Trinajstić information content (AvgIpc) is 3.06. The summed E-state index contributed by atoms with van der Waals surface area (Å²) in [6.45, 7) is 1.25. The van der Waals surface area contributed by atoms with Crippen LogP contribution in [0.4, 0.5) is 0 Å². The molecule has 5 heteroatoms. The molecule has 2 heterocycles. The van der Waals surface area contributed by atoms with Gasteiger partial charge in [0.25, 0.3) is 0 Å². The maximum atomic E-state index is 12.5. The number of hydrogen-bond donors (Lipinski definition) is 0. The van der Waals surface area contributed by atoms with Crippen LogP contribution in [0.15, 0.2) is 42.5 Å². The monoisotopic (exact) mass is 357 g/mol. The number of carbonyl (C=O) groups is 1. The Kier molecular flexibility index (Phi) is 5.71. The maximum absolute atomic E-state index is 12.5. The lowest BCUT2D eigenvalue weighted by Gasteiger charge is -2.26. The van der Waals surface area contributed by atoms with E-state index in [-0.39, 0.29) is 11.9 Å². The minimum Gasteiger partial charge on any atom is -0.333 e. The smallest absolute Gasteiger partial charge is 0.237 e. The van der Waals surface area contributed by atoms with Gasteiger partial charge in [-0.25, -0.2) is 0 Å². The predicted octanol–water partition coefficient (Wildman–Crippen LogP) is 3.55. The quantitative estimate of drug-likeness (QED) is 0.821. The molecule has 1 saturated heterocycles. The van der Waals surface area contributed by atoms with Gasteiger partial charge >= 0.3 is 0 Å². The second kappa shape index (κ2) is 7.98. The van der Waals surface area contributed by atoms with Crippen molar-refractivity contribution < 1.29 is 4.79 Å². The van der Waals surface area contributed by atoms with E-state index in [0.717, 1.165) is 41.4 Å². The highest BCUT2D eigenvalue weighted by Gasteiger charge is 2.30. The van der Waals surface area contributed by atoms with Crippen LogP contribution in [0.1, 0.15) is 35.8 Å². The van der Waals surface area contributed by atoms with Crippen molar-refractivity contribution >= 4 is 17.5 Å². The van der Waals surface area contributed by atoms with Gasteiger partial charge in [-0.2, -0.15) is 0 Å². The van der Waals surface area contributed by atoms with E-state index in [1.165, 1.54) is 0 Å². The van der Waals surface area contributed by atoms with Gasteiger partial charge in [0.15, 0.2) is 0 Å². The van der Waals surface area contributed by atoms with Crippen LogP contribution >= 0.6 is 11.6 Å². The van der Waals surface area contributed by atoms with Crippen LogP contribution in [0.5, 0.6) is 0 Å². The highest BCUT2D eigenvalue weighted by molar-refractivity contribution is 6.31. The third-order valence-corrected chi connectivity index (χ3v) is 4.89. The molecule has 4 nitrogen and oxygen atoms in total. The summed E-state index contributed by atoms with van der Waals surface area (Å²) in [5.74, 6) is 0.172. The zero-order valence-corrected chi connectivity index (χ0v) is 15.5. The van der Waals surface area contributed by atoms with Crippen molar-refractivity contribution in [1.29, 1.82) is 0 Å². The van der Waals surface area contributed by atoms with Gasteiger partial charge in [-0.3, -0.25) is 9.78 Å². The molecule has 1 aromatic heterocycles. The van der Waals surface area contributed by atoms with E-state index >= 15 is 0 Å². The summed E-state index contributed by atoms with van der Waals surface area (Å²) in [5.41, 5.74) is 3.03. The normalized spacial score (nSPS) is 17.3. The van der Waals surface area contributed by atoms with Crippen molar-refractivity contribution in [3.63, 3.8) is 0 Å². The molecule has 3 rings (SSSR count). The SMILES string of the molecule is CN(C)CC(=O)N1CCC[C@@H]1c1cccc(Cc2ccccc2Cl)n1. The molecule has 0 aliphatic carbocycles. The molecule has 0 radical (unpaired) electrons. The third kappa shape index (κ3) is 4.39. The summed E-state index contributed by atoms with van der Waals surface area (Å²) in [6, 6.07) is 14.0. The molecular formula is C20H24ClN3O. The molecule has 1 amide bonds. The van der Waals surface area contributed by atoms with Gasteiger partial charge < -0.3 is 9.80 Å². The molecule has 1 aliphatic heterocycles. The van der Waals surface area contributed by atoms with E-state index in [4.69, 9.17) is 16.6 Å². The highest BCUT2D eigenvalue weighted by atomic mass is 35.5. The molecule has 0 bridgehead atoms. The number of carbonyl (C=O) groups excluding carboxylic acids is 1. The van der Waals surface area contributed by atoms with Gasteiger partial charge in [0.2, 0.25) is 5.91 Å². The number of halogens is 1. The molecule has 1 aromatic carbocycles. The van der Waals surface area contributed by atoms with Gasteiger partial charge in [0.1, 0.15) is 0 Å². The Morgan fingerprint density at radius 2 is 2.04 bits per heavy atom. The standard InChI is InChI=1S/C20H24ClN3O/c1-23(2)14-20(25)24-12-6-11-19(24)18-10-5-8-16(22-18)13-15-7-3-4-9-17(15)21/h3-5,7-10,19H,6,11-14H2,1-2H3/t19-/m1/s1. The Morgan fingerprint density at radius 1 is 1.24 bits per heavy atom. The van der Waals surface area contributed by atoms with Crippen LogP contribution in [0.3, 0.4) is 0 Å². The number of amides is 1. The Hall–Kier alpha value is -1.91. The summed E-state index contributed by atoms with van der Waals surface area (Å²) in [7, 11) is 3.84. The van der Waals surface area contributed by atoms with Crippen molar-refractivity contribution in [1.82, 2.24) is 14.8 Å². The molecular weight excluding hydrogens is 334 g/mol. The van der Waals surface area contributed by atoms with Crippen molar-refractivity contribution in [2.24, 2.45) is 0 Å². The van der Waals surface area contributed by atoms with E-state index < -0.39 is 0 Å². The van der Waals surface area contributed by atoms with Gasteiger partial charge in [-0.05, 0) is 50.7 Å². The lowest BCUT2D eigenvalue weighted by molar-refractivity contribution is -0.132. The Labute approximate surface area is 154 Å². The summed E-state index contributed by atoms with van der Waals surface area (Å²) in [4.78, 5) is 21.2. The Balaban J connectivity index is 1.78. The average molecular weight is 358 g/mol. The molecule has 0 N–H and O–H groups in total. The number of rotatable bonds is 5. The first kappa shape index (κ1) is 17.9. The topological polar surface area (TPSA) is 36.4 Å². The fourth-order valence-corrected chi connectivity index (χ4v) is 3.56. The van der Waals surface area contributed by atoms with Gasteiger partial charge in [0.05, 0.1) is 18.3 Å². The highest BCUT2D eigenvalue weighted by Crippen LogP contribution is 2.31. The zero-order valence-electron chi connectivity index (χ0n) is 14.8. The maximum Gasteiger partial charge on any atom is 0.237 e. The largest absolute Gasteiger partial charge is 0.333 e. The Morgan fingerprint density at radius 3 is 2.80 bits per heavy atom. The number of benzene rings is 1. The number of likely N-dealkylation sites (tertiary alicyclic amines) is 1. The zero-order chi connectivity index (χ0) is 17.8. The second-order valence-electron chi connectivity index (χ2n) is 6.80. The van der Waals surface area contributed by atoms with Crippen LogP contribution < -0.4 is 0 Å². The molecule has 1 fully saturated rings. The van der Waals surface area contributed by atoms with Crippen molar-refractivity contribution in [3.8, 4) is 0 Å². The van der Waals surface area contributed by atoms with E-state index in [0.29, 0.717) is 13.0 Å². The van der Waals surface area contributed by atoms with Gasteiger partial charge in [-0.15, -0.1) is 0 Å². The molecule has 0 unspecified atom stereocenters. The van der Waals surface area contributed by atoms with Gasteiger partial charge in [-0.1, -0.05) is 35.9 Å². The minimum atomic E-state index is 0.0821. The predicted molar refractivity (Wildman–Crippen MR) is 101 cm³/mol. The molecule has 132 valence electrons. The molecule has 1 aliphatic rings. The number of nitrogens with zero attached hydrogens (tertiary/aromatic N) is 3. The van der Waals surface area contributed by atoms with E-state index in [1.54, 1.807) is 0 Å². The first-order chi connectivity index (χ1) is 12.0. The van der Waals surface area contributed by atoms with Crippen molar-refractivity contribution in [2.75, 3.05) is 27.2 Å². The molecule has 2 aromatic rings. The fourth-order valence-electron chi connectivity index (χ4n) is 3.35. The first-order valence-corrected chi connectivity index (χ1v) is 9.06. The lowest BCUT2D eigenvalue weighted by Crippen LogP contribution is -2.37. The van der Waals surface area contributed by atoms with E-state index in [9.17, 15) is 4.79 Å².